The molecule has 0 aliphatic heterocycles. The van der Waals surface area contributed by atoms with Crippen LogP contribution in [0.25, 0.3) is 0 Å². The summed E-state index contributed by atoms with van der Waals surface area (Å²) in [6.07, 6.45) is 9.59. The molecule has 0 bridgehead atoms. The number of unbranched alkanes of at least 4 members (excludes halogenated alkanes) is 1. The normalized spacial score (nSPS) is 17.1. The number of sulfone groups is 1. The second-order valence-electron chi connectivity index (χ2n) is 4.37. The van der Waals surface area contributed by atoms with Gasteiger partial charge in [-0.2, -0.15) is 0 Å². The fraction of sp³-hybridized carbons (Fsp3) is 0.833. The van der Waals surface area contributed by atoms with E-state index in [1.165, 1.54) is 12.8 Å². The zero-order chi connectivity index (χ0) is 11.9. The summed E-state index contributed by atoms with van der Waals surface area (Å²) >= 11 is 0. The van der Waals surface area contributed by atoms with Crippen molar-refractivity contribution in [2.24, 2.45) is 0 Å². The van der Waals surface area contributed by atoms with Crippen molar-refractivity contribution < 1.29 is 8.42 Å². The second-order valence-corrected chi connectivity index (χ2v) is 6.84. The van der Waals surface area contributed by atoms with E-state index in [4.69, 9.17) is 0 Å². The Hall–Kier alpha value is -0.350. The highest BCUT2D eigenvalue weighted by atomic mass is 32.2. The quantitative estimate of drug-likeness (QED) is 0.498. The molecular weight excluding hydrogens is 222 g/mol. The van der Waals surface area contributed by atoms with Crippen LogP contribution in [0.15, 0.2) is 12.2 Å². The summed E-state index contributed by atoms with van der Waals surface area (Å²) in [6, 6.07) is 0.781. The Balaban J connectivity index is 1.91. The van der Waals surface area contributed by atoms with Crippen LogP contribution in [0.3, 0.4) is 0 Å². The van der Waals surface area contributed by atoms with Gasteiger partial charge in [0.1, 0.15) is 9.84 Å². The zero-order valence-electron chi connectivity index (χ0n) is 10.1. The van der Waals surface area contributed by atoms with Crippen LogP contribution in [0, 0.1) is 0 Å². The van der Waals surface area contributed by atoms with Crippen LogP contribution < -0.4 is 5.32 Å². The molecule has 0 radical (unpaired) electrons. The van der Waals surface area contributed by atoms with E-state index in [1.54, 1.807) is 6.92 Å². The van der Waals surface area contributed by atoms with Crippen LogP contribution >= 0.6 is 0 Å². The summed E-state index contributed by atoms with van der Waals surface area (Å²) in [6.45, 7) is 2.75. The average molecular weight is 245 g/mol. The summed E-state index contributed by atoms with van der Waals surface area (Å²) < 4.78 is 22.4. The van der Waals surface area contributed by atoms with E-state index in [9.17, 15) is 8.42 Å². The van der Waals surface area contributed by atoms with Gasteiger partial charge in [-0.25, -0.2) is 8.42 Å². The molecule has 1 aliphatic carbocycles. The Morgan fingerprint density at radius 1 is 1.25 bits per heavy atom. The lowest BCUT2D eigenvalue weighted by molar-refractivity contribution is 0.594. The molecule has 16 heavy (non-hydrogen) atoms. The summed E-state index contributed by atoms with van der Waals surface area (Å²) in [5.74, 6) is 0.593. The molecule has 0 aromatic carbocycles. The highest BCUT2D eigenvalue weighted by Crippen LogP contribution is 2.18. The number of allylic oxidation sites excluding steroid dienone is 1. The molecule has 1 fully saturated rings. The molecule has 1 aliphatic rings. The van der Waals surface area contributed by atoms with Crippen molar-refractivity contribution in [2.75, 3.05) is 18.1 Å². The maximum absolute atomic E-state index is 11.2. The Labute approximate surface area is 99.2 Å². The lowest BCUT2D eigenvalue weighted by atomic mass is 10.3. The third kappa shape index (κ3) is 7.01. The van der Waals surface area contributed by atoms with Crippen LogP contribution in [0.4, 0.5) is 0 Å². The molecule has 1 N–H and O–H groups in total. The molecule has 0 aromatic heterocycles. The van der Waals surface area contributed by atoms with E-state index in [1.807, 2.05) is 0 Å². The highest BCUT2D eigenvalue weighted by Gasteiger charge is 2.19. The molecule has 0 atom stereocenters. The van der Waals surface area contributed by atoms with E-state index in [0.717, 1.165) is 31.8 Å². The molecule has 0 unspecified atom stereocenters. The van der Waals surface area contributed by atoms with Gasteiger partial charge in [-0.15, -0.1) is 0 Å². The van der Waals surface area contributed by atoms with Crippen molar-refractivity contribution in [1.82, 2.24) is 5.32 Å². The first-order valence-corrected chi connectivity index (χ1v) is 8.05. The van der Waals surface area contributed by atoms with Gasteiger partial charge >= 0.3 is 0 Å². The van der Waals surface area contributed by atoms with E-state index in [0.29, 0.717) is 5.75 Å². The minimum atomic E-state index is -2.77. The van der Waals surface area contributed by atoms with Gasteiger partial charge < -0.3 is 5.32 Å². The Morgan fingerprint density at radius 3 is 2.56 bits per heavy atom. The number of nitrogens with one attached hydrogen (secondary N) is 1. The second kappa shape index (κ2) is 7.07. The molecule has 0 aromatic rings. The molecule has 0 amide bonds. The molecule has 4 heteroatoms. The number of hydrogen-bond donors (Lipinski definition) is 1. The predicted molar refractivity (Wildman–Crippen MR) is 68.3 cm³/mol. The first-order valence-electron chi connectivity index (χ1n) is 6.23. The molecule has 0 spiro atoms. The van der Waals surface area contributed by atoms with Crippen LogP contribution in [-0.4, -0.2) is 32.5 Å². The smallest absolute Gasteiger partial charge is 0.150 e. The summed E-state index contributed by atoms with van der Waals surface area (Å²) in [5.41, 5.74) is 0. The Kier molecular flexibility index (Phi) is 6.06. The van der Waals surface area contributed by atoms with Gasteiger partial charge in [0.25, 0.3) is 0 Å². The maximum Gasteiger partial charge on any atom is 0.150 e. The Bertz CT molecular complexity index is 305. The van der Waals surface area contributed by atoms with Crippen LogP contribution in [-0.2, 0) is 9.84 Å². The van der Waals surface area contributed by atoms with Gasteiger partial charge in [0.15, 0.2) is 0 Å². The van der Waals surface area contributed by atoms with Crippen molar-refractivity contribution in [2.45, 2.75) is 45.1 Å². The van der Waals surface area contributed by atoms with Crippen molar-refractivity contribution in [3.8, 4) is 0 Å². The lowest BCUT2D eigenvalue weighted by Crippen LogP contribution is -2.16. The van der Waals surface area contributed by atoms with Crippen molar-refractivity contribution in [3.05, 3.63) is 12.2 Å². The van der Waals surface area contributed by atoms with E-state index >= 15 is 0 Å². The first kappa shape index (κ1) is 13.7. The SMILES string of the molecule is CCS(=O)(=O)CCCC=CCCNC1CC1. The van der Waals surface area contributed by atoms with Gasteiger partial charge in [0.05, 0.1) is 5.75 Å². The third-order valence-electron chi connectivity index (χ3n) is 2.75. The first-order chi connectivity index (χ1) is 7.64. The predicted octanol–water partition coefficient (Wildman–Crippen LogP) is 1.90. The summed E-state index contributed by atoms with van der Waals surface area (Å²) in [4.78, 5) is 0. The maximum atomic E-state index is 11.2. The minimum absolute atomic E-state index is 0.266. The molecule has 1 saturated carbocycles. The van der Waals surface area contributed by atoms with Crippen molar-refractivity contribution in [1.29, 1.82) is 0 Å². The number of rotatable bonds is 9. The standard InChI is InChI=1S/C12H23NO2S/c1-2-16(14,15)11-7-5-3-4-6-10-13-12-8-9-12/h3-4,12-13H,2,5-11H2,1H3. The van der Waals surface area contributed by atoms with Crippen LogP contribution in [0.2, 0.25) is 0 Å². The van der Waals surface area contributed by atoms with Gasteiger partial charge in [-0.1, -0.05) is 19.1 Å². The molecular formula is C12H23NO2S. The third-order valence-corrected chi connectivity index (χ3v) is 4.54. The van der Waals surface area contributed by atoms with Crippen LogP contribution in [0.1, 0.15) is 39.0 Å². The van der Waals surface area contributed by atoms with E-state index in [2.05, 4.69) is 17.5 Å². The largest absolute Gasteiger partial charge is 0.314 e. The molecule has 1 rings (SSSR count). The number of hydrogen-bond acceptors (Lipinski definition) is 3. The fourth-order valence-corrected chi connectivity index (χ4v) is 2.35. The van der Waals surface area contributed by atoms with E-state index < -0.39 is 9.84 Å². The van der Waals surface area contributed by atoms with Crippen LogP contribution in [0.5, 0.6) is 0 Å². The van der Waals surface area contributed by atoms with Crippen molar-refractivity contribution >= 4 is 9.84 Å². The Morgan fingerprint density at radius 2 is 1.94 bits per heavy atom. The molecule has 94 valence electrons. The van der Waals surface area contributed by atoms with Gasteiger partial charge in [-0.05, 0) is 38.6 Å². The molecule has 3 nitrogen and oxygen atoms in total. The minimum Gasteiger partial charge on any atom is -0.314 e. The summed E-state index contributed by atoms with van der Waals surface area (Å²) in [7, 11) is -2.77. The monoisotopic (exact) mass is 245 g/mol. The topological polar surface area (TPSA) is 46.2 Å². The van der Waals surface area contributed by atoms with Gasteiger partial charge in [0, 0.05) is 11.8 Å². The lowest BCUT2D eigenvalue weighted by Gasteiger charge is -1.99. The highest BCUT2D eigenvalue weighted by molar-refractivity contribution is 7.91. The van der Waals surface area contributed by atoms with Gasteiger partial charge in [-0.3, -0.25) is 0 Å². The van der Waals surface area contributed by atoms with E-state index in [-0.39, 0.29) is 5.75 Å². The molecule has 0 heterocycles. The fourth-order valence-electron chi connectivity index (χ4n) is 1.46. The van der Waals surface area contributed by atoms with Gasteiger partial charge in [0.2, 0.25) is 0 Å². The zero-order valence-corrected chi connectivity index (χ0v) is 10.9. The molecule has 0 saturated heterocycles. The summed E-state index contributed by atoms with van der Waals surface area (Å²) in [5, 5.41) is 3.43. The average Bonchev–Trinajstić information content (AvgIpc) is 3.06. The van der Waals surface area contributed by atoms with Crippen molar-refractivity contribution in [3.63, 3.8) is 0 Å².